The minimum Gasteiger partial charge on any atom is -0.362 e. The number of halogens is 4. The molecule has 0 bridgehead atoms. The van der Waals surface area contributed by atoms with Crippen LogP contribution in [0.5, 0.6) is 0 Å². The Morgan fingerprint density at radius 1 is 0.944 bits per heavy atom. The first-order valence-electron chi connectivity index (χ1n) is 4.51. The molecule has 0 unspecified atom stereocenters. The van der Waals surface area contributed by atoms with Crippen molar-refractivity contribution in [2.24, 2.45) is 0 Å². The van der Waals surface area contributed by atoms with E-state index in [0.29, 0.717) is 0 Å². The number of rotatable bonds is 2. The first kappa shape index (κ1) is 25.3. The van der Waals surface area contributed by atoms with Crippen LogP contribution < -0.4 is 0 Å². The van der Waals surface area contributed by atoms with Crippen LogP contribution in [0.25, 0.3) is 0 Å². The maximum Gasteiger partial charge on any atom is 0.0894 e. The lowest BCUT2D eigenvalue weighted by atomic mass is 10.2. The molecule has 7 heteroatoms. The normalized spacial score (nSPS) is 11.2. The number of benzene rings is 1. The molecule has 1 heterocycles. The summed E-state index contributed by atoms with van der Waals surface area (Å²) in [5, 5.41) is 0. The van der Waals surface area contributed by atoms with Crippen molar-refractivity contribution in [2.45, 2.75) is 6.54 Å². The van der Waals surface area contributed by atoms with Crippen molar-refractivity contribution >= 4 is 8.41 Å². The molecule has 0 aromatic heterocycles. The monoisotopic (exact) mass is 268 g/mol. The van der Waals surface area contributed by atoms with Crippen molar-refractivity contribution in [3.05, 3.63) is 48.3 Å². The van der Waals surface area contributed by atoms with Gasteiger partial charge in [0.1, 0.15) is 0 Å². The van der Waals surface area contributed by atoms with Gasteiger partial charge < -0.3 is 9.80 Å². The molecular formula is C11H21BF4N2. The molecule has 0 saturated heterocycles. The third-order valence-electron chi connectivity index (χ3n) is 2.17. The average molecular weight is 268 g/mol. The SMILES string of the molecule is B.CN1C=CN(Cc2ccccc2)C1.F.F.F.F. The highest BCUT2D eigenvalue weighted by Crippen LogP contribution is 2.09. The number of hydrogen-bond donors (Lipinski definition) is 0. The molecule has 2 nitrogen and oxygen atoms in total. The lowest BCUT2D eigenvalue weighted by Gasteiger charge is -2.17. The second kappa shape index (κ2) is 11.8. The van der Waals surface area contributed by atoms with Crippen LogP contribution in [0.3, 0.4) is 0 Å². The Morgan fingerprint density at radius 2 is 1.50 bits per heavy atom. The highest BCUT2D eigenvalue weighted by Gasteiger charge is 2.07. The van der Waals surface area contributed by atoms with Crippen LogP contribution in [0.4, 0.5) is 18.8 Å². The molecule has 0 N–H and O–H groups in total. The van der Waals surface area contributed by atoms with Gasteiger partial charge in [0.25, 0.3) is 0 Å². The van der Waals surface area contributed by atoms with E-state index in [0.717, 1.165) is 13.2 Å². The van der Waals surface area contributed by atoms with E-state index in [4.69, 9.17) is 0 Å². The molecule has 1 aliphatic rings. The molecule has 0 atom stereocenters. The van der Waals surface area contributed by atoms with Crippen LogP contribution in [0, 0.1) is 0 Å². The molecule has 18 heavy (non-hydrogen) atoms. The van der Waals surface area contributed by atoms with Crippen LogP contribution in [0.15, 0.2) is 42.7 Å². The maximum absolute atomic E-state index is 2.29. The molecule has 0 fully saturated rings. The van der Waals surface area contributed by atoms with Gasteiger partial charge in [-0.25, -0.2) is 0 Å². The van der Waals surface area contributed by atoms with Crippen LogP contribution in [0.2, 0.25) is 0 Å². The smallest absolute Gasteiger partial charge is 0.0894 e. The Morgan fingerprint density at radius 3 is 1.94 bits per heavy atom. The van der Waals surface area contributed by atoms with Gasteiger partial charge in [-0.1, -0.05) is 30.3 Å². The molecule has 2 rings (SSSR count). The highest BCUT2D eigenvalue weighted by atomic mass is 19.0. The van der Waals surface area contributed by atoms with Gasteiger partial charge in [-0.3, -0.25) is 18.8 Å². The second-order valence-electron chi connectivity index (χ2n) is 3.43. The summed E-state index contributed by atoms with van der Waals surface area (Å²) in [4.78, 5) is 4.46. The first-order chi connectivity index (χ1) is 6.34. The second-order valence-corrected chi connectivity index (χ2v) is 3.43. The zero-order valence-electron chi connectivity index (χ0n) is 9.48. The Bertz CT molecular complexity index is 311. The topological polar surface area (TPSA) is 6.48 Å². The van der Waals surface area contributed by atoms with Crippen molar-refractivity contribution in [3.8, 4) is 0 Å². The van der Waals surface area contributed by atoms with Crippen LogP contribution in [-0.2, 0) is 6.54 Å². The molecule has 1 aromatic rings. The summed E-state index contributed by atoms with van der Waals surface area (Å²) in [5.41, 5.74) is 1.36. The van der Waals surface area contributed by atoms with Gasteiger partial charge in [0, 0.05) is 26.0 Å². The zero-order valence-corrected chi connectivity index (χ0v) is 9.48. The summed E-state index contributed by atoms with van der Waals surface area (Å²) >= 11 is 0. The quantitative estimate of drug-likeness (QED) is 0.589. The fourth-order valence-corrected chi connectivity index (χ4v) is 1.51. The fourth-order valence-electron chi connectivity index (χ4n) is 1.51. The largest absolute Gasteiger partial charge is 0.362 e. The van der Waals surface area contributed by atoms with Crippen molar-refractivity contribution in [3.63, 3.8) is 0 Å². The molecule has 0 aliphatic carbocycles. The van der Waals surface area contributed by atoms with E-state index in [1.54, 1.807) is 0 Å². The van der Waals surface area contributed by atoms with Gasteiger partial charge in [-0.05, 0) is 5.56 Å². The zero-order chi connectivity index (χ0) is 9.10. The van der Waals surface area contributed by atoms with Gasteiger partial charge >= 0.3 is 0 Å². The molecule has 106 valence electrons. The van der Waals surface area contributed by atoms with Crippen LogP contribution in [0.1, 0.15) is 5.56 Å². The van der Waals surface area contributed by atoms with E-state index < -0.39 is 0 Å². The number of hydrogen-bond acceptors (Lipinski definition) is 2. The van der Waals surface area contributed by atoms with Crippen molar-refractivity contribution < 1.29 is 18.8 Å². The maximum atomic E-state index is 2.29. The van der Waals surface area contributed by atoms with E-state index in [9.17, 15) is 0 Å². The summed E-state index contributed by atoms with van der Waals surface area (Å²) in [6.07, 6.45) is 4.23. The third-order valence-corrected chi connectivity index (χ3v) is 2.17. The van der Waals surface area contributed by atoms with Crippen molar-refractivity contribution in [1.29, 1.82) is 0 Å². The van der Waals surface area contributed by atoms with Gasteiger partial charge in [0.15, 0.2) is 0 Å². The third kappa shape index (κ3) is 6.83. The van der Waals surface area contributed by atoms with Gasteiger partial charge in [-0.2, -0.15) is 0 Å². The molecule has 0 spiro atoms. The van der Waals surface area contributed by atoms with Crippen LogP contribution >= 0.6 is 0 Å². The summed E-state index contributed by atoms with van der Waals surface area (Å²) in [6, 6.07) is 10.5. The van der Waals surface area contributed by atoms with Crippen molar-refractivity contribution in [1.82, 2.24) is 9.80 Å². The molecule has 0 amide bonds. The predicted molar refractivity (Wildman–Crippen MR) is 73.7 cm³/mol. The van der Waals surface area contributed by atoms with Gasteiger partial charge in [0.2, 0.25) is 0 Å². The lowest BCUT2D eigenvalue weighted by Crippen LogP contribution is -2.21. The molecule has 1 aliphatic heterocycles. The Balaban J connectivity index is -0.000000196. The van der Waals surface area contributed by atoms with E-state index in [2.05, 4.69) is 59.6 Å². The van der Waals surface area contributed by atoms with E-state index >= 15 is 0 Å². The standard InChI is InChI=1S/C11H14N2.BH3.4FH/c1-12-7-8-13(10-12)9-11-5-3-2-4-6-11;;;;;/h2-8H,9-10H2,1H3;1H3;4*1H. The molecule has 0 radical (unpaired) electrons. The lowest BCUT2D eigenvalue weighted by molar-refractivity contribution is 0.291. The summed E-state index contributed by atoms with van der Waals surface area (Å²) in [5.74, 6) is 0. The molecular weight excluding hydrogens is 247 g/mol. The van der Waals surface area contributed by atoms with Gasteiger partial charge in [0.05, 0.1) is 15.1 Å². The predicted octanol–water partition coefficient (Wildman–Crippen LogP) is 1.29. The fraction of sp³-hybridized carbons (Fsp3) is 0.273. The summed E-state index contributed by atoms with van der Waals surface area (Å²) in [6.45, 7) is 2.00. The minimum absolute atomic E-state index is 0. The summed E-state index contributed by atoms with van der Waals surface area (Å²) in [7, 11) is 2.08. The molecule has 0 saturated carbocycles. The summed E-state index contributed by atoms with van der Waals surface area (Å²) < 4.78 is 0. The van der Waals surface area contributed by atoms with E-state index in [1.165, 1.54) is 5.56 Å². The Kier molecular flexibility index (Phi) is 16.6. The molecule has 1 aromatic carbocycles. The van der Waals surface area contributed by atoms with Gasteiger partial charge in [-0.15, -0.1) is 0 Å². The van der Waals surface area contributed by atoms with Crippen molar-refractivity contribution in [2.75, 3.05) is 13.7 Å². The minimum atomic E-state index is 0. The number of nitrogens with zero attached hydrogens (tertiary/aromatic N) is 2. The Labute approximate surface area is 106 Å². The highest BCUT2D eigenvalue weighted by molar-refractivity contribution is 5.75. The van der Waals surface area contributed by atoms with Crippen LogP contribution in [-0.4, -0.2) is 31.9 Å². The Hall–Kier alpha value is -1.66. The van der Waals surface area contributed by atoms with E-state index in [1.807, 2.05) is 0 Å². The first-order valence-corrected chi connectivity index (χ1v) is 4.51. The van der Waals surface area contributed by atoms with E-state index in [-0.39, 0.29) is 27.2 Å². The average Bonchev–Trinajstić information content (AvgIpc) is 2.53.